The first kappa shape index (κ1) is 9.53. The summed E-state index contributed by atoms with van der Waals surface area (Å²) < 4.78 is 0. The van der Waals surface area contributed by atoms with Gasteiger partial charge in [-0.3, -0.25) is 0 Å². The number of likely N-dealkylation sites (N-methyl/N-ethyl adjacent to an activating group) is 2. The van der Waals surface area contributed by atoms with E-state index in [2.05, 4.69) is 42.4 Å². The lowest BCUT2D eigenvalue weighted by Gasteiger charge is -2.34. The predicted octanol–water partition coefficient (Wildman–Crippen LogP) is 1.58. The minimum Gasteiger partial charge on any atom is -0.373 e. The Morgan fingerprint density at radius 3 is 2.93 bits per heavy atom. The second-order valence-corrected chi connectivity index (χ2v) is 4.15. The zero-order chi connectivity index (χ0) is 10.1. The van der Waals surface area contributed by atoms with Gasteiger partial charge in [-0.1, -0.05) is 18.2 Å². The first-order valence-electron chi connectivity index (χ1n) is 5.19. The van der Waals surface area contributed by atoms with E-state index in [0.717, 1.165) is 13.0 Å². The van der Waals surface area contributed by atoms with Crippen molar-refractivity contribution in [3.05, 3.63) is 29.3 Å². The minimum absolute atomic E-state index is 0.592. The second kappa shape index (κ2) is 3.62. The van der Waals surface area contributed by atoms with E-state index in [0.29, 0.717) is 6.04 Å². The number of benzene rings is 1. The van der Waals surface area contributed by atoms with Crippen molar-refractivity contribution in [2.24, 2.45) is 0 Å². The molecule has 1 atom stereocenters. The van der Waals surface area contributed by atoms with E-state index < -0.39 is 0 Å². The number of aryl methyl sites for hydroxylation is 1. The Balaban J connectivity index is 2.39. The van der Waals surface area contributed by atoms with Crippen molar-refractivity contribution in [2.75, 3.05) is 25.5 Å². The van der Waals surface area contributed by atoms with Gasteiger partial charge in [0.1, 0.15) is 0 Å². The van der Waals surface area contributed by atoms with Crippen LogP contribution in [0.3, 0.4) is 0 Å². The van der Waals surface area contributed by atoms with Gasteiger partial charge in [0.2, 0.25) is 0 Å². The molecule has 0 aromatic heterocycles. The van der Waals surface area contributed by atoms with Crippen LogP contribution in [0.2, 0.25) is 0 Å². The third-order valence-electron chi connectivity index (χ3n) is 3.07. The molecule has 1 heterocycles. The number of hydrogen-bond acceptors (Lipinski definition) is 2. The van der Waals surface area contributed by atoms with E-state index in [1.165, 1.54) is 16.8 Å². The minimum atomic E-state index is 0.592. The first-order valence-corrected chi connectivity index (χ1v) is 5.19. The van der Waals surface area contributed by atoms with E-state index in [1.54, 1.807) is 0 Å². The maximum atomic E-state index is 3.35. The molecule has 1 aromatic carbocycles. The average Bonchev–Trinajstić information content (AvgIpc) is 2.17. The number of nitrogens with one attached hydrogen (secondary N) is 1. The highest BCUT2D eigenvalue weighted by atomic mass is 15.1. The Bertz CT molecular complexity index is 333. The number of para-hydroxylation sites is 1. The highest BCUT2D eigenvalue weighted by molar-refractivity contribution is 5.60. The van der Waals surface area contributed by atoms with Crippen molar-refractivity contribution in [2.45, 2.75) is 19.4 Å². The second-order valence-electron chi connectivity index (χ2n) is 4.15. The van der Waals surface area contributed by atoms with Crippen LogP contribution in [0.5, 0.6) is 0 Å². The zero-order valence-corrected chi connectivity index (χ0v) is 9.17. The monoisotopic (exact) mass is 190 g/mol. The summed E-state index contributed by atoms with van der Waals surface area (Å²) in [5.41, 5.74) is 4.29. The molecule has 1 unspecified atom stereocenters. The van der Waals surface area contributed by atoms with Crippen molar-refractivity contribution in [1.29, 1.82) is 0 Å². The standard InChI is InChI=1S/C12H18N2/c1-9-5-4-6-10-7-11(13-2)8-14(3)12(9)10/h4-6,11,13H,7-8H2,1-3H3. The van der Waals surface area contributed by atoms with Gasteiger partial charge in [0, 0.05) is 25.3 Å². The van der Waals surface area contributed by atoms with Crippen LogP contribution in [0, 0.1) is 6.92 Å². The Labute approximate surface area is 85.9 Å². The van der Waals surface area contributed by atoms with Gasteiger partial charge in [-0.2, -0.15) is 0 Å². The van der Waals surface area contributed by atoms with Crippen molar-refractivity contribution in [3.8, 4) is 0 Å². The van der Waals surface area contributed by atoms with Crippen LogP contribution < -0.4 is 10.2 Å². The molecule has 0 saturated heterocycles. The first-order chi connectivity index (χ1) is 6.72. The van der Waals surface area contributed by atoms with Gasteiger partial charge < -0.3 is 10.2 Å². The topological polar surface area (TPSA) is 15.3 Å². The maximum absolute atomic E-state index is 3.35. The molecule has 76 valence electrons. The molecule has 14 heavy (non-hydrogen) atoms. The number of rotatable bonds is 1. The Morgan fingerprint density at radius 2 is 2.21 bits per heavy atom. The lowest BCUT2D eigenvalue weighted by molar-refractivity contribution is 0.537. The van der Waals surface area contributed by atoms with Crippen molar-refractivity contribution < 1.29 is 0 Å². The van der Waals surface area contributed by atoms with E-state index >= 15 is 0 Å². The Kier molecular flexibility index (Phi) is 2.46. The number of fused-ring (bicyclic) bond motifs is 1. The molecule has 0 aliphatic carbocycles. The normalized spacial score (nSPS) is 20.8. The summed E-state index contributed by atoms with van der Waals surface area (Å²) in [5.74, 6) is 0. The summed E-state index contributed by atoms with van der Waals surface area (Å²) in [6.45, 7) is 3.30. The molecule has 0 saturated carbocycles. The number of anilines is 1. The van der Waals surface area contributed by atoms with Crippen molar-refractivity contribution >= 4 is 5.69 Å². The highest BCUT2D eigenvalue weighted by Gasteiger charge is 2.21. The van der Waals surface area contributed by atoms with Crippen LogP contribution >= 0.6 is 0 Å². The molecular weight excluding hydrogens is 172 g/mol. The van der Waals surface area contributed by atoms with Gasteiger partial charge in [0.05, 0.1) is 0 Å². The van der Waals surface area contributed by atoms with E-state index in [4.69, 9.17) is 0 Å². The molecule has 0 radical (unpaired) electrons. The smallest absolute Gasteiger partial charge is 0.0427 e. The van der Waals surface area contributed by atoms with Gasteiger partial charge in [-0.15, -0.1) is 0 Å². The fourth-order valence-electron chi connectivity index (χ4n) is 2.38. The van der Waals surface area contributed by atoms with Gasteiger partial charge in [-0.25, -0.2) is 0 Å². The molecular formula is C12H18N2. The third-order valence-corrected chi connectivity index (χ3v) is 3.07. The van der Waals surface area contributed by atoms with E-state index in [-0.39, 0.29) is 0 Å². The molecule has 2 nitrogen and oxygen atoms in total. The summed E-state index contributed by atoms with van der Waals surface area (Å²) >= 11 is 0. The quantitative estimate of drug-likeness (QED) is 0.723. The molecule has 0 bridgehead atoms. The predicted molar refractivity (Wildman–Crippen MR) is 61.0 cm³/mol. The summed E-state index contributed by atoms with van der Waals surface area (Å²) in [5, 5.41) is 3.35. The molecule has 0 amide bonds. The largest absolute Gasteiger partial charge is 0.373 e. The summed E-state index contributed by atoms with van der Waals surface area (Å²) in [4.78, 5) is 2.36. The maximum Gasteiger partial charge on any atom is 0.0427 e. The number of nitrogens with zero attached hydrogens (tertiary/aromatic N) is 1. The van der Waals surface area contributed by atoms with Crippen LogP contribution in [-0.2, 0) is 6.42 Å². The van der Waals surface area contributed by atoms with Crippen molar-refractivity contribution in [3.63, 3.8) is 0 Å². The molecule has 1 N–H and O–H groups in total. The zero-order valence-electron chi connectivity index (χ0n) is 9.17. The van der Waals surface area contributed by atoms with Crippen LogP contribution in [0.1, 0.15) is 11.1 Å². The fraction of sp³-hybridized carbons (Fsp3) is 0.500. The van der Waals surface area contributed by atoms with Gasteiger partial charge in [0.15, 0.2) is 0 Å². The SMILES string of the molecule is CNC1Cc2cccc(C)c2N(C)C1. The van der Waals surface area contributed by atoms with Crippen LogP contribution in [0.4, 0.5) is 5.69 Å². The molecule has 1 aromatic rings. The average molecular weight is 190 g/mol. The van der Waals surface area contributed by atoms with Gasteiger partial charge in [0.25, 0.3) is 0 Å². The van der Waals surface area contributed by atoms with Crippen molar-refractivity contribution in [1.82, 2.24) is 5.32 Å². The summed E-state index contributed by atoms with van der Waals surface area (Å²) in [7, 11) is 4.22. The van der Waals surface area contributed by atoms with Gasteiger partial charge >= 0.3 is 0 Å². The Morgan fingerprint density at radius 1 is 1.43 bits per heavy atom. The Hall–Kier alpha value is -1.02. The summed E-state index contributed by atoms with van der Waals surface area (Å²) in [6.07, 6.45) is 1.15. The van der Waals surface area contributed by atoms with Crippen LogP contribution in [-0.4, -0.2) is 26.7 Å². The number of hydrogen-bond donors (Lipinski definition) is 1. The molecule has 2 heteroatoms. The van der Waals surface area contributed by atoms with Crippen LogP contribution in [0.15, 0.2) is 18.2 Å². The van der Waals surface area contributed by atoms with Crippen LogP contribution in [0.25, 0.3) is 0 Å². The highest BCUT2D eigenvalue weighted by Crippen LogP contribution is 2.29. The molecule has 0 spiro atoms. The van der Waals surface area contributed by atoms with E-state index in [9.17, 15) is 0 Å². The molecule has 1 aliphatic rings. The van der Waals surface area contributed by atoms with Gasteiger partial charge in [-0.05, 0) is 31.5 Å². The van der Waals surface area contributed by atoms with E-state index in [1.807, 2.05) is 7.05 Å². The molecule has 1 aliphatic heterocycles. The lowest BCUT2D eigenvalue weighted by Crippen LogP contribution is -2.43. The molecule has 0 fully saturated rings. The molecule has 2 rings (SSSR count). The third kappa shape index (κ3) is 1.50. The lowest BCUT2D eigenvalue weighted by atomic mass is 9.96. The fourth-order valence-corrected chi connectivity index (χ4v) is 2.38. The summed E-state index contributed by atoms with van der Waals surface area (Å²) in [6, 6.07) is 7.17.